The van der Waals surface area contributed by atoms with Crippen molar-refractivity contribution >= 4 is 23.9 Å². The van der Waals surface area contributed by atoms with Crippen molar-refractivity contribution in [3.8, 4) is 0 Å². The molecule has 2 heterocycles. The second kappa shape index (κ2) is 4.92. The van der Waals surface area contributed by atoms with Crippen LogP contribution in [0.5, 0.6) is 0 Å². The van der Waals surface area contributed by atoms with E-state index in [9.17, 15) is 14.4 Å². The van der Waals surface area contributed by atoms with E-state index in [0.29, 0.717) is 0 Å². The second-order valence-corrected chi connectivity index (χ2v) is 3.92. The molecule has 3 N–H and O–H groups in total. The number of aromatic nitrogens is 3. The molecule has 0 aliphatic carbocycles. The fourth-order valence-electron chi connectivity index (χ4n) is 1.65. The van der Waals surface area contributed by atoms with Crippen molar-refractivity contribution in [3.05, 3.63) is 6.33 Å². The molecular formula is C9H12N6O4. The third kappa shape index (κ3) is 2.61. The highest BCUT2D eigenvalue weighted by Crippen LogP contribution is 2.08. The number of rotatable bonds is 2. The Kier molecular flexibility index (Phi) is 3.31. The zero-order chi connectivity index (χ0) is 14.0. The third-order valence-corrected chi connectivity index (χ3v) is 2.66. The molecule has 1 aliphatic heterocycles. The molecule has 3 amide bonds. The number of carboxylic acid groups (broad SMARTS) is 1. The number of piperazine rings is 1. The van der Waals surface area contributed by atoms with Crippen LogP contribution in [0.3, 0.4) is 0 Å². The number of nitrogens with one attached hydrogen (secondary N) is 2. The van der Waals surface area contributed by atoms with Crippen molar-refractivity contribution in [2.75, 3.05) is 18.4 Å². The van der Waals surface area contributed by atoms with E-state index >= 15 is 0 Å². The van der Waals surface area contributed by atoms with Gasteiger partial charge in [-0.15, -0.1) is 0 Å². The standard InChI is InChI=1S/C9H12N6O4/c1-14-8(11-4-12-14)13-9(19)15-3-6(16)10-2-5(15)7(17)18/h4-5H,2-3H2,1H3,(H,10,16)(H,17,18)(H,11,12,13,19). The van der Waals surface area contributed by atoms with Crippen LogP contribution in [-0.2, 0) is 16.6 Å². The van der Waals surface area contributed by atoms with Crippen molar-refractivity contribution < 1.29 is 19.5 Å². The van der Waals surface area contributed by atoms with Crippen molar-refractivity contribution in [2.24, 2.45) is 7.05 Å². The van der Waals surface area contributed by atoms with Crippen molar-refractivity contribution in [3.63, 3.8) is 0 Å². The third-order valence-electron chi connectivity index (χ3n) is 2.66. The number of anilines is 1. The molecule has 1 aromatic heterocycles. The molecule has 1 atom stereocenters. The van der Waals surface area contributed by atoms with Crippen LogP contribution in [0.4, 0.5) is 10.7 Å². The molecule has 0 spiro atoms. The molecule has 19 heavy (non-hydrogen) atoms. The Hall–Kier alpha value is -2.65. The summed E-state index contributed by atoms with van der Waals surface area (Å²) in [5.74, 6) is -1.43. The van der Waals surface area contributed by atoms with Gasteiger partial charge in [-0.3, -0.25) is 15.0 Å². The molecule has 0 aromatic carbocycles. The molecule has 102 valence electrons. The fourth-order valence-corrected chi connectivity index (χ4v) is 1.65. The Morgan fingerprint density at radius 2 is 2.32 bits per heavy atom. The smallest absolute Gasteiger partial charge is 0.328 e. The quantitative estimate of drug-likeness (QED) is 0.582. The van der Waals surface area contributed by atoms with Gasteiger partial charge in [-0.2, -0.15) is 10.1 Å². The molecule has 1 aromatic rings. The molecule has 1 saturated heterocycles. The van der Waals surface area contributed by atoms with Gasteiger partial charge in [-0.25, -0.2) is 14.3 Å². The van der Waals surface area contributed by atoms with E-state index in [1.165, 1.54) is 11.0 Å². The molecule has 0 saturated carbocycles. The highest BCUT2D eigenvalue weighted by molar-refractivity contribution is 5.95. The normalized spacial score (nSPS) is 18.9. The minimum Gasteiger partial charge on any atom is -0.480 e. The molecule has 10 nitrogen and oxygen atoms in total. The summed E-state index contributed by atoms with van der Waals surface area (Å²) >= 11 is 0. The van der Waals surface area contributed by atoms with E-state index in [0.717, 1.165) is 4.90 Å². The van der Waals surface area contributed by atoms with Gasteiger partial charge in [0.2, 0.25) is 11.9 Å². The van der Waals surface area contributed by atoms with Gasteiger partial charge >= 0.3 is 12.0 Å². The first-order valence-corrected chi connectivity index (χ1v) is 5.40. The predicted octanol–water partition coefficient (Wildman–Crippen LogP) is -1.77. The number of carbonyl (C=O) groups is 3. The monoisotopic (exact) mass is 268 g/mol. The largest absolute Gasteiger partial charge is 0.480 e. The molecule has 1 unspecified atom stereocenters. The number of amides is 3. The summed E-state index contributed by atoms with van der Waals surface area (Å²) in [7, 11) is 1.57. The van der Waals surface area contributed by atoms with E-state index in [2.05, 4.69) is 20.7 Å². The predicted molar refractivity (Wildman–Crippen MR) is 61.2 cm³/mol. The minimum atomic E-state index is -1.19. The lowest BCUT2D eigenvalue weighted by Gasteiger charge is -2.32. The maximum absolute atomic E-state index is 12.0. The summed E-state index contributed by atoms with van der Waals surface area (Å²) in [5, 5.41) is 17.6. The lowest BCUT2D eigenvalue weighted by molar-refractivity contribution is -0.144. The van der Waals surface area contributed by atoms with Gasteiger partial charge in [0.25, 0.3) is 0 Å². The first kappa shape index (κ1) is 12.8. The van der Waals surface area contributed by atoms with E-state index in [1.807, 2.05) is 0 Å². The Bertz CT molecular complexity index is 527. The Balaban J connectivity index is 2.13. The van der Waals surface area contributed by atoms with Gasteiger partial charge in [-0.05, 0) is 0 Å². The molecule has 2 rings (SSSR count). The molecule has 10 heteroatoms. The Morgan fingerprint density at radius 3 is 2.89 bits per heavy atom. The SMILES string of the molecule is Cn1ncnc1NC(=O)N1CC(=O)NCC1C(=O)O. The molecule has 0 radical (unpaired) electrons. The molecule has 1 aliphatic rings. The first-order chi connectivity index (χ1) is 8.99. The van der Waals surface area contributed by atoms with Gasteiger partial charge in [-0.1, -0.05) is 0 Å². The minimum absolute atomic E-state index is 0.125. The van der Waals surface area contributed by atoms with Crippen LogP contribution in [-0.4, -0.2) is 61.8 Å². The van der Waals surface area contributed by atoms with E-state index in [1.54, 1.807) is 7.05 Å². The average molecular weight is 268 g/mol. The van der Waals surface area contributed by atoms with Crippen LogP contribution in [0.25, 0.3) is 0 Å². The number of aliphatic carboxylic acids is 1. The molecule has 0 bridgehead atoms. The Morgan fingerprint density at radius 1 is 1.58 bits per heavy atom. The number of hydrogen-bond donors (Lipinski definition) is 3. The van der Waals surface area contributed by atoms with Crippen molar-refractivity contribution in [1.29, 1.82) is 0 Å². The van der Waals surface area contributed by atoms with E-state index in [-0.39, 0.29) is 19.0 Å². The van der Waals surface area contributed by atoms with Crippen molar-refractivity contribution in [1.82, 2.24) is 25.0 Å². The maximum atomic E-state index is 12.0. The van der Waals surface area contributed by atoms with Gasteiger partial charge < -0.3 is 10.4 Å². The highest BCUT2D eigenvalue weighted by Gasteiger charge is 2.35. The number of carboxylic acids is 1. The topological polar surface area (TPSA) is 129 Å². The number of hydrogen-bond acceptors (Lipinski definition) is 5. The van der Waals surface area contributed by atoms with E-state index < -0.39 is 23.9 Å². The summed E-state index contributed by atoms with van der Waals surface area (Å²) in [6.45, 7) is -0.443. The molecular weight excluding hydrogens is 256 g/mol. The molecule has 1 fully saturated rings. The summed E-state index contributed by atoms with van der Waals surface area (Å²) in [6.07, 6.45) is 1.24. The van der Waals surface area contributed by atoms with Gasteiger partial charge in [0.05, 0.1) is 0 Å². The summed E-state index contributed by atoms with van der Waals surface area (Å²) in [4.78, 5) is 39.0. The summed E-state index contributed by atoms with van der Waals surface area (Å²) < 4.78 is 1.32. The summed E-state index contributed by atoms with van der Waals surface area (Å²) in [6, 6.07) is -1.82. The van der Waals surface area contributed by atoms with Crippen LogP contribution in [0.15, 0.2) is 6.33 Å². The van der Waals surface area contributed by atoms with Gasteiger partial charge in [0.1, 0.15) is 18.9 Å². The summed E-state index contributed by atoms with van der Waals surface area (Å²) in [5.41, 5.74) is 0. The number of aryl methyl sites for hydroxylation is 1. The first-order valence-electron chi connectivity index (χ1n) is 5.40. The van der Waals surface area contributed by atoms with E-state index in [4.69, 9.17) is 5.11 Å². The van der Waals surface area contributed by atoms with Crippen LogP contribution < -0.4 is 10.6 Å². The second-order valence-electron chi connectivity index (χ2n) is 3.92. The number of carbonyl (C=O) groups excluding carboxylic acids is 2. The van der Waals surface area contributed by atoms with Gasteiger partial charge in [0.15, 0.2) is 0 Å². The van der Waals surface area contributed by atoms with Gasteiger partial charge in [0, 0.05) is 13.6 Å². The van der Waals surface area contributed by atoms with Crippen LogP contribution in [0.1, 0.15) is 0 Å². The highest BCUT2D eigenvalue weighted by atomic mass is 16.4. The zero-order valence-corrected chi connectivity index (χ0v) is 10.0. The Labute approximate surface area is 107 Å². The van der Waals surface area contributed by atoms with Crippen LogP contribution >= 0.6 is 0 Å². The van der Waals surface area contributed by atoms with Crippen LogP contribution in [0.2, 0.25) is 0 Å². The maximum Gasteiger partial charge on any atom is 0.328 e. The number of nitrogens with zero attached hydrogens (tertiary/aromatic N) is 4. The fraction of sp³-hybridized carbons (Fsp3) is 0.444. The van der Waals surface area contributed by atoms with Crippen LogP contribution in [0, 0.1) is 0 Å². The average Bonchev–Trinajstić information content (AvgIpc) is 2.74. The lowest BCUT2D eigenvalue weighted by Crippen LogP contribution is -2.60. The van der Waals surface area contributed by atoms with Crippen molar-refractivity contribution in [2.45, 2.75) is 6.04 Å². The lowest BCUT2D eigenvalue weighted by atomic mass is 10.2. The number of urea groups is 1. The zero-order valence-electron chi connectivity index (χ0n) is 10.0.